The van der Waals surface area contributed by atoms with Crippen LogP contribution in [0.3, 0.4) is 0 Å². The van der Waals surface area contributed by atoms with E-state index < -0.39 is 0 Å². The summed E-state index contributed by atoms with van der Waals surface area (Å²) in [4.78, 5) is 34.5. The van der Waals surface area contributed by atoms with E-state index in [1.807, 2.05) is 11.8 Å². The van der Waals surface area contributed by atoms with Crippen LogP contribution in [0.5, 0.6) is 0 Å². The molecule has 2 heterocycles. The average Bonchev–Trinajstić information content (AvgIpc) is 3.09. The maximum atomic E-state index is 12.9. The molecular formula is C22H30N4O3S. The zero-order valence-electron chi connectivity index (χ0n) is 17.9. The van der Waals surface area contributed by atoms with Crippen molar-refractivity contribution >= 4 is 23.2 Å². The first-order valence-electron chi connectivity index (χ1n) is 10.3. The van der Waals surface area contributed by atoms with Gasteiger partial charge in [0.05, 0.1) is 30.3 Å². The first-order chi connectivity index (χ1) is 14.5. The van der Waals surface area contributed by atoms with Crippen LogP contribution in [0.2, 0.25) is 0 Å². The van der Waals surface area contributed by atoms with E-state index in [2.05, 4.69) is 46.4 Å². The molecule has 0 bridgehead atoms. The van der Waals surface area contributed by atoms with Crippen molar-refractivity contribution in [1.82, 2.24) is 20.1 Å². The number of thiazole rings is 1. The quantitative estimate of drug-likeness (QED) is 0.648. The van der Waals surface area contributed by atoms with Gasteiger partial charge < -0.3 is 15.0 Å². The molecule has 1 aliphatic rings. The molecule has 0 aliphatic carbocycles. The second kappa shape index (κ2) is 10.7. The summed E-state index contributed by atoms with van der Waals surface area (Å²) in [5, 5.41) is 3.80. The van der Waals surface area contributed by atoms with Crippen molar-refractivity contribution in [1.29, 1.82) is 0 Å². The van der Waals surface area contributed by atoms with E-state index in [-0.39, 0.29) is 11.8 Å². The number of carbonyl (C=O) groups is 2. The van der Waals surface area contributed by atoms with Crippen LogP contribution in [0.4, 0.5) is 0 Å². The molecule has 3 rings (SSSR count). The summed E-state index contributed by atoms with van der Waals surface area (Å²) in [6.07, 6.45) is 0.367. The van der Waals surface area contributed by atoms with Gasteiger partial charge in [-0.15, -0.1) is 11.3 Å². The predicted molar refractivity (Wildman–Crippen MR) is 119 cm³/mol. The Morgan fingerprint density at radius 1 is 1.13 bits per heavy atom. The first kappa shape index (κ1) is 22.4. The highest BCUT2D eigenvalue weighted by molar-refractivity contribution is 7.12. The fourth-order valence-electron chi connectivity index (χ4n) is 3.48. The van der Waals surface area contributed by atoms with Crippen LogP contribution in [0, 0.1) is 13.8 Å². The lowest BCUT2D eigenvalue weighted by Gasteiger charge is -2.34. The molecule has 1 fully saturated rings. The molecule has 30 heavy (non-hydrogen) atoms. The number of ether oxygens (including phenoxy) is 1. The fourth-order valence-corrected chi connectivity index (χ4v) is 4.43. The van der Waals surface area contributed by atoms with E-state index in [1.165, 1.54) is 5.56 Å². The number of nitrogens with one attached hydrogen (secondary N) is 1. The van der Waals surface area contributed by atoms with Crippen molar-refractivity contribution in [3.63, 3.8) is 0 Å². The van der Waals surface area contributed by atoms with E-state index in [9.17, 15) is 9.59 Å². The Balaban J connectivity index is 1.53. The molecule has 1 N–H and O–H groups in total. The van der Waals surface area contributed by atoms with Gasteiger partial charge in [0.1, 0.15) is 0 Å². The van der Waals surface area contributed by atoms with Gasteiger partial charge in [0.15, 0.2) is 0 Å². The van der Waals surface area contributed by atoms with Gasteiger partial charge in [-0.05, 0) is 13.8 Å². The van der Waals surface area contributed by atoms with Gasteiger partial charge in [-0.2, -0.15) is 0 Å². The molecule has 2 aromatic rings. The van der Waals surface area contributed by atoms with Gasteiger partial charge in [0, 0.05) is 50.3 Å². The normalized spacial score (nSPS) is 14.7. The molecule has 0 spiro atoms. The molecule has 8 heteroatoms. The van der Waals surface area contributed by atoms with Gasteiger partial charge in [-0.3, -0.25) is 14.5 Å². The van der Waals surface area contributed by atoms with E-state index in [0.717, 1.165) is 21.1 Å². The number of aryl methyl sites for hydroxylation is 2. The highest BCUT2D eigenvalue weighted by Gasteiger charge is 2.24. The molecule has 7 nitrogen and oxygen atoms in total. The van der Waals surface area contributed by atoms with Gasteiger partial charge >= 0.3 is 0 Å². The highest BCUT2D eigenvalue weighted by Crippen LogP contribution is 2.29. The Kier molecular flexibility index (Phi) is 7.95. The second-order valence-corrected chi connectivity index (χ2v) is 8.83. The van der Waals surface area contributed by atoms with Crippen molar-refractivity contribution in [3.05, 3.63) is 39.7 Å². The minimum atomic E-state index is -0.00491. The molecule has 1 saturated heterocycles. The van der Waals surface area contributed by atoms with Crippen LogP contribution in [0.25, 0.3) is 11.3 Å². The van der Waals surface area contributed by atoms with Crippen LogP contribution >= 0.6 is 11.3 Å². The van der Waals surface area contributed by atoms with Crippen molar-refractivity contribution in [2.24, 2.45) is 0 Å². The third kappa shape index (κ3) is 6.10. The lowest BCUT2D eigenvalue weighted by Crippen LogP contribution is -2.51. The topological polar surface area (TPSA) is 74.8 Å². The number of benzene rings is 1. The molecule has 1 aliphatic heterocycles. The van der Waals surface area contributed by atoms with E-state index in [0.29, 0.717) is 52.3 Å². The number of amides is 2. The maximum absolute atomic E-state index is 12.9. The predicted octanol–water partition coefficient (Wildman–Crippen LogP) is 1.88. The number of hydrogen-bond donors (Lipinski definition) is 1. The molecule has 0 saturated carbocycles. The monoisotopic (exact) mass is 430 g/mol. The smallest absolute Gasteiger partial charge is 0.234 e. The summed E-state index contributed by atoms with van der Waals surface area (Å²) in [5.41, 5.74) is 3.17. The Morgan fingerprint density at radius 3 is 2.50 bits per heavy atom. The first-order valence-corrected chi connectivity index (χ1v) is 11.1. The molecule has 0 radical (unpaired) electrons. The summed E-state index contributed by atoms with van der Waals surface area (Å²) in [6.45, 7) is 8.12. The number of methoxy groups -OCH3 is 1. The Hall–Kier alpha value is -2.29. The molecule has 2 amide bonds. The summed E-state index contributed by atoms with van der Waals surface area (Å²) in [6, 6.07) is 8.27. The van der Waals surface area contributed by atoms with Crippen LogP contribution in [-0.4, -0.2) is 79.6 Å². The number of carbonyl (C=O) groups excluding carboxylic acids is 2. The zero-order chi connectivity index (χ0) is 21.5. The second-order valence-electron chi connectivity index (χ2n) is 7.55. The van der Waals surface area contributed by atoms with Crippen LogP contribution in [0.15, 0.2) is 24.3 Å². The Bertz CT molecular complexity index is 858. The summed E-state index contributed by atoms with van der Waals surface area (Å²) < 4.78 is 4.94. The minimum absolute atomic E-state index is 0.00491. The molecule has 1 aromatic heterocycles. The van der Waals surface area contributed by atoms with E-state index >= 15 is 0 Å². The molecular weight excluding hydrogens is 400 g/mol. The number of piperazine rings is 1. The lowest BCUT2D eigenvalue weighted by molar-refractivity contribution is -0.132. The molecule has 0 unspecified atom stereocenters. The minimum Gasteiger partial charge on any atom is -0.383 e. The average molecular weight is 431 g/mol. The zero-order valence-corrected chi connectivity index (χ0v) is 18.8. The SMILES string of the molecule is COCCNC(=O)CN1CCN(C(=O)Cc2sc(C)nc2-c2ccc(C)cc2)CC1. The number of rotatable bonds is 8. The number of nitrogens with zero attached hydrogens (tertiary/aromatic N) is 3. The summed E-state index contributed by atoms with van der Waals surface area (Å²) >= 11 is 1.59. The standard InChI is InChI=1S/C22H30N4O3S/c1-16-4-6-18(7-5-16)22-19(30-17(2)24-22)14-21(28)26-11-9-25(10-12-26)15-20(27)23-8-13-29-3/h4-7H,8-15H2,1-3H3,(H,23,27). The Labute approximate surface area is 182 Å². The van der Waals surface area contributed by atoms with Crippen LogP contribution < -0.4 is 5.32 Å². The van der Waals surface area contributed by atoms with Gasteiger partial charge in [0.2, 0.25) is 11.8 Å². The number of hydrogen-bond acceptors (Lipinski definition) is 6. The Morgan fingerprint density at radius 2 is 1.83 bits per heavy atom. The van der Waals surface area contributed by atoms with Crippen molar-refractivity contribution < 1.29 is 14.3 Å². The van der Waals surface area contributed by atoms with E-state index in [4.69, 9.17) is 4.74 Å². The van der Waals surface area contributed by atoms with Crippen molar-refractivity contribution in [3.8, 4) is 11.3 Å². The third-order valence-corrected chi connectivity index (χ3v) is 6.13. The molecule has 162 valence electrons. The van der Waals surface area contributed by atoms with Crippen LogP contribution in [0.1, 0.15) is 15.4 Å². The number of aromatic nitrogens is 1. The van der Waals surface area contributed by atoms with Gasteiger partial charge in [-0.25, -0.2) is 4.98 Å². The summed E-state index contributed by atoms with van der Waals surface area (Å²) in [5.74, 6) is 0.117. The largest absolute Gasteiger partial charge is 0.383 e. The van der Waals surface area contributed by atoms with Crippen molar-refractivity contribution in [2.45, 2.75) is 20.3 Å². The van der Waals surface area contributed by atoms with Crippen molar-refractivity contribution in [2.75, 3.05) is 53.0 Å². The van der Waals surface area contributed by atoms with E-state index in [1.54, 1.807) is 18.4 Å². The molecule has 1 aromatic carbocycles. The van der Waals surface area contributed by atoms with Gasteiger partial charge in [0.25, 0.3) is 0 Å². The fraction of sp³-hybridized carbons (Fsp3) is 0.500. The summed E-state index contributed by atoms with van der Waals surface area (Å²) in [7, 11) is 1.61. The maximum Gasteiger partial charge on any atom is 0.234 e. The third-order valence-electron chi connectivity index (χ3n) is 5.16. The van der Waals surface area contributed by atoms with Crippen LogP contribution in [-0.2, 0) is 20.7 Å². The van der Waals surface area contributed by atoms with Gasteiger partial charge in [-0.1, -0.05) is 29.8 Å². The molecule has 0 atom stereocenters. The lowest BCUT2D eigenvalue weighted by atomic mass is 10.1. The highest BCUT2D eigenvalue weighted by atomic mass is 32.1.